The van der Waals surface area contributed by atoms with Gasteiger partial charge in [-0.3, -0.25) is 0 Å². The van der Waals surface area contributed by atoms with Crippen LogP contribution in [0.1, 0.15) is 364 Å². The predicted octanol–water partition coefficient (Wildman–Crippen LogP) is 24.9. The number of benzene rings is 2. The van der Waals surface area contributed by atoms with E-state index in [0.717, 1.165) is 122 Å². The Morgan fingerprint density at radius 3 is 0.948 bits per heavy atom. The van der Waals surface area contributed by atoms with Crippen molar-refractivity contribution in [2.45, 2.75) is 429 Å². The van der Waals surface area contributed by atoms with Crippen molar-refractivity contribution in [2.75, 3.05) is 6.16 Å². The Morgan fingerprint density at radius 2 is 0.649 bits per heavy atom. The summed E-state index contributed by atoms with van der Waals surface area (Å²) in [7, 11) is -2.73. The molecule has 11 aliphatic carbocycles. The third kappa shape index (κ3) is 34.4. The SMILES string of the molecule is C=C1[C@H](C)C/C(=C/CP(=O)(c2ccccc2)c2ccccc2)C[C@H]1O.C=C1[C@H](O)CC(=C/C=C2\CCC[C@@]3(C)C2CCC3[C@@H](C)[C@@H](C)CCC(C)(C)O)C[C@H]1O.C=C1[C@H](O)CC(=C/C=C2\CCC[C@@]3(C)C2CCC3[C@@H](C)[C@H](C)CCC(C)(C)O)C[C@H]1O.C[C@H](C1CCC2[C@@H](O)CCC[C@]12C)[C@@H](C)CCC(C)(C)O.C[C@H](CCC(C)(C)O)[C@H](C)C1CCC2[C@@H](O)CCC[C@]12C.[Y].[Y].[Y].[Y].[Y]. The van der Waals surface area contributed by atoms with Gasteiger partial charge >= 0.3 is 0 Å². The summed E-state index contributed by atoms with van der Waals surface area (Å²) in [4.78, 5) is 0. The van der Waals surface area contributed by atoms with E-state index in [2.05, 4.69) is 140 Å². The molecule has 745 valence electrons. The molecule has 0 saturated heterocycles. The summed E-state index contributed by atoms with van der Waals surface area (Å²) in [6, 6.07) is 19.5. The number of aliphatic hydroxyl groups is 11. The second-order valence-corrected chi connectivity index (χ2v) is 51.3. The average Bonchev–Trinajstić information content (AvgIpc) is 1.59. The van der Waals surface area contributed by atoms with Crippen LogP contribution in [-0.4, -0.2) is 127 Å². The summed E-state index contributed by atoms with van der Waals surface area (Å²) in [6.07, 6.45) is 44.9. The zero-order chi connectivity index (χ0) is 95.5. The first-order chi connectivity index (χ1) is 60.1. The third-order valence-electron chi connectivity index (χ3n) is 37.0. The summed E-state index contributed by atoms with van der Waals surface area (Å²) in [5, 5.41) is 113. The molecule has 11 N–H and O–H groups in total. The zero-order valence-corrected chi connectivity index (χ0v) is 103. The molecule has 11 aliphatic rings. The van der Waals surface area contributed by atoms with Crippen molar-refractivity contribution >= 4 is 17.8 Å². The van der Waals surface area contributed by atoms with Gasteiger partial charge in [0.05, 0.1) is 65.1 Å². The van der Waals surface area contributed by atoms with Crippen LogP contribution in [0.25, 0.3) is 0 Å². The van der Waals surface area contributed by atoms with Gasteiger partial charge in [-0.1, -0.05) is 241 Å². The van der Waals surface area contributed by atoms with E-state index >= 15 is 0 Å². The molecule has 11 fully saturated rings. The molecular formula is C116H189O12PY5. The van der Waals surface area contributed by atoms with Gasteiger partial charge in [-0.2, -0.15) is 0 Å². The van der Waals surface area contributed by atoms with E-state index in [1.807, 2.05) is 116 Å². The van der Waals surface area contributed by atoms with Gasteiger partial charge in [-0.25, -0.2) is 0 Å². The molecule has 28 atom stereocenters. The van der Waals surface area contributed by atoms with Crippen LogP contribution in [0.5, 0.6) is 0 Å². The van der Waals surface area contributed by atoms with E-state index in [9.17, 15) is 60.7 Å². The van der Waals surface area contributed by atoms with Crippen LogP contribution in [-0.2, 0) is 168 Å². The first-order valence-corrected chi connectivity index (χ1v) is 53.9. The molecule has 18 heteroatoms. The van der Waals surface area contributed by atoms with Crippen LogP contribution in [0.4, 0.5) is 0 Å². The van der Waals surface area contributed by atoms with Gasteiger partial charge in [0.15, 0.2) is 0 Å². The normalized spacial score (nSPS) is 34.2. The van der Waals surface area contributed by atoms with Crippen molar-refractivity contribution in [3.05, 3.63) is 155 Å². The molecule has 0 aliphatic heterocycles. The quantitative estimate of drug-likeness (QED) is 0.0312. The smallest absolute Gasteiger partial charge is 0.146 e. The molecule has 12 nitrogen and oxygen atoms in total. The van der Waals surface area contributed by atoms with Crippen LogP contribution in [0.3, 0.4) is 0 Å². The third-order valence-corrected chi connectivity index (χ3v) is 40.0. The van der Waals surface area contributed by atoms with Crippen molar-refractivity contribution in [1.82, 2.24) is 0 Å². The van der Waals surface area contributed by atoms with Crippen molar-refractivity contribution in [3.8, 4) is 0 Å². The molecule has 0 aromatic heterocycles. The largest absolute Gasteiger partial charge is 0.393 e. The Kier molecular flexibility index (Phi) is 53.3. The van der Waals surface area contributed by atoms with Gasteiger partial charge < -0.3 is 60.7 Å². The number of hydrogen-bond acceptors (Lipinski definition) is 12. The summed E-state index contributed by atoms with van der Waals surface area (Å²) >= 11 is 0. The Balaban J connectivity index is 0.000000350. The minimum atomic E-state index is -2.73. The molecule has 134 heavy (non-hydrogen) atoms. The van der Waals surface area contributed by atoms with Crippen LogP contribution >= 0.6 is 7.14 Å². The van der Waals surface area contributed by atoms with Crippen LogP contribution < -0.4 is 10.6 Å². The summed E-state index contributed by atoms with van der Waals surface area (Å²) in [6.45, 7) is 58.2. The molecule has 0 bridgehead atoms. The minimum absolute atomic E-state index is 0. The molecular weight excluding hydrogens is 2060 g/mol. The summed E-state index contributed by atoms with van der Waals surface area (Å²) in [5.41, 5.74) is 7.82. The molecule has 0 spiro atoms. The number of fused-ring (bicyclic) bond motifs is 4. The molecule has 0 heterocycles. The topological polar surface area (TPSA) is 240 Å². The van der Waals surface area contributed by atoms with E-state index in [0.29, 0.717) is 142 Å². The predicted molar refractivity (Wildman–Crippen MR) is 540 cm³/mol. The summed E-state index contributed by atoms with van der Waals surface area (Å²) in [5.74, 6) is 10.9. The number of rotatable bonds is 26. The van der Waals surface area contributed by atoms with E-state index in [4.69, 9.17) is 0 Å². The first-order valence-electron chi connectivity index (χ1n) is 52.0. The number of aliphatic hydroxyl groups excluding tert-OH is 7. The van der Waals surface area contributed by atoms with Gasteiger partial charge in [-0.05, 0) is 400 Å². The van der Waals surface area contributed by atoms with Gasteiger partial charge in [0.25, 0.3) is 0 Å². The molecule has 8 unspecified atom stereocenters. The zero-order valence-electron chi connectivity index (χ0n) is 88.0. The Labute approximate surface area is 943 Å². The van der Waals surface area contributed by atoms with Crippen LogP contribution in [0.2, 0.25) is 0 Å². The average molecular weight is 2250 g/mol. The maximum absolute atomic E-state index is 14.0. The number of allylic oxidation sites excluding steroid dienone is 7. The second kappa shape index (κ2) is 55.8. The number of hydrogen-bond donors (Lipinski definition) is 11. The van der Waals surface area contributed by atoms with Crippen molar-refractivity contribution in [2.24, 2.45) is 122 Å². The Morgan fingerprint density at radius 1 is 0.373 bits per heavy atom. The van der Waals surface area contributed by atoms with Crippen molar-refractivity contribution < 1.29 is 224 Å². The van der Waals surface area contributed by atoms with Crippen LogP contribution in [0, 0.1) is 122 Å². The van der Waals surface area contributed by atoms with Crippen molar-refractivity contribution in [1.29, 1.82) is 0 Å². The van der Waals surface area contributed by atoms with Crippen LogP contribution in [0.15, 0.2) is 155 Å². The molecule has 2 aromatic rings. The van der Waals surface area contributed by atoms with E-state index in [1.54, 1.807) is 11.1 Å². The maximum Gasteiger partial charge on any atom is 0.146 e. The van der Waals surface area contributed by atoms with Crippen molar-refractivity contribution in [3.63, 3.8) is 0 Å². The van der Waals surface area contributed by atoms with Gasteiger partial charge in [0.2, 0.25) is 0 Å². The fourth-order valence-electron chi connectivity index (χ4n) is 27.6. The monoisotopic (exact) mass is 2250 g/mol. The fraction of sp³-hybridized carbons (Fsp3) is 0.759. The molecule has 0 amide bonds. The first kappa shape index (κ1) is 128. The second-order valence-electron chi connectivity index (χ2n) is 48.5. The molecule has 5 radical (unpaired) electrons. The van der Waals surface area contributed by atoms with Gasteiger partial charge in [-0.15, -0.1) is 0 Å². The van der Waals surface area contributed by atoms with Gasteiger partial charge in [0.1, 0.15) is 7.14 Å². The van der Waals surface area contributed by atoms with E-state index in [-0.39, 0.29) is 182 Å². The Bertz CT molecular complexity index is 3850. The minimum Gasteiger partial charge on any atom is -0.393 e. The maximum atomic E-state index is 14.0. The summed E-state index contributed by atoms with van der Waals surface area (Å²) < 4.78 is 14.0. The van der Waals surface area contributed by atoms with Gasteiger partial charge in [0, 0.05) is 180 Å². The Hall–Kier alpha value is 1.67. The molecule has 11 saturated carbocycles. The fourth-order valence-corrected chi connectivity index (χ4v) is 30.2. The van der Waals surface area contributed by atoms with E-state index < -0.39 is 60.1 Å². The van der Waals surface area contributed by atoms with E-state index in [1.165, 1.54) is 121 Å². The standard InChI is InChI=1S/2C28H46O3.C22H25O2P.2C19H36O2.5Y/c2*1-18(13-15-27(4,5)31)19(2)23-11-12-24-22(8-7-14-28(23,24)6)10-9-21-16-25(29)20(3)26(30)17-21;1-17-15-19(16-22(23)18(17)2)13-14-25(24,20-9-5-3-6-10-20)21-11-7-4-8-12-21;2*1-13(10-12-18(3,4)21)14(2)15-8-9-16-17(20)7-6-11-19(15,16)5;;;;;/h2*9-10,18-19,23-26,29-31H,3,7-8,11-17H2,1-2,4-6H3;3-13,17,22-23H,2,14-16H2,1H3;2*13-17,20-21H,6-12H2,1-5H3;;;;;/b2*22-10+;19-13-;;;;;;;/t18-,19+,23?,24?,25-,26-,28-;18-,19-,23?,24?,25+,26+,28+;17-,22-;13-,14+,15?,16?,17+,19-;13-,14-,15?,16?,17-,19+;;;;;/m10110...../s1. The molecule has 13 rings (SSSR count). The molecule has 2 aromatic carbocycles.